The Morgan fingerprint density at radius 1 is 1.37 bits per heavy atom. The number of rotatable bonds is 3. The molecule has 30 heavy (non-hydrogen) atoms. The van der Waals surface area contributed by atoms with Crippen molar-refractivity contribution in [1.82, 2.24) is 9.55 Å². The minimum absolute atomic E-state index is 0.136. The molecule has 4 rings (SSSR count). The van der Waals surface area contributed by atoms with Gasteiger partial charge in [0.15, 0.2) is 10.1 Å². The van der Waals surface area contributed by atoms with E-state index < -0.39 is 0 Å². The number of nitrogens with zero attached hydrogens (tertiary/aromatic N) is 3. The largest absolute Gasteiger partial charge is 0.494 e. The van der Waals surface area contributed by atoms with E-state index >= 15 is 0 Å². The summed E-state index contributed by atoms with van der Waals surface area (Å²) < 4.78 is 9.36. The van der Waals surface area contributed by atoms with Gasteiger partial charge in [0.05, 0.1) is 25.3 Å². The van der Waals surface area contributed by atoms with Crippen LogP contribution in [0, 0.1) is 4.77 Å². The third kappa shape index (κ3) is 3.87. The second-order valence-corrected chi connectivity index (χ2v) is 7.79. The SMILES string of the molecule is CCOc1ccc2c(c1)=C/C(=C\c1c(O)[nH]c(=S)n1C(C)=O)C(=[N+]1CCCCC1)N=2. The highest BCUT2D eigenvalue weighted by Gasteiger charge is 2.25. The Morgan fingerprint density at radius 2 is 2.13 bits per heavy atom. The van der Waals surface area contributed by atoms with Crippen LogP contribution in [0.4, 0.5) is 0 Å². The molecule has 8 heteroatoms. The van der Waals surface area contributed by atoms with Gasteiger partial charge in [0.25, 0.3) is 0 Å². The van der Waals surface area contributed by atoms with Crippen LogP contribution >= 0.6 is 12.2 Å². The third-order valence-electron chi connectivity index (χ3n) is 5.28. The predicted molar refractivity (Wildman–Crippen MR) is 117 cm³/mol. The van der Waals surface area contributed by atoms with Crippen molar-refractivity contribution in [3.05, 3.63) is 44.8 Å². The van der Waals surface area contributed by atoms with E-state index in [4.69, 9.17) is 21.9 Å². The lowest BCUT2D eigenvalue weighted by atomic mass is 10.1. The molecule has 2 aromatic rings. The second kappa shape index (κ2) is 8.39. The Balaban J connectivity index is 1.96. The number of H-pyrrole nitrogens is 1. The number of aromatic nitrogens is 2. The monoisotopic (exact) mass is 425 g/mol. The molecule has 2 N–H and O–H groups in total. The number of imidazole rings is 1. The quantitative estimate of drug-likeness (QED) is 0.584. The van der Waals surface area contributed by atoms with Crippen LogP contribution in [-0.2, 0) is 0 Å². The molecule has 3 heterocycles. The van der Waals surface area contributed by atoms with Gasteiger partial charge in [0.2, 0.25) is 11.8 Å². The average Bonchev–Trinajstić information content (AvgIpc) is 3.01. The Labute approximate surface area is 179 Å². The molecule has 0 spiro atoms. The first-order valence-electron chi connectivity index (χ1n) is 10.2. The van der Waals surface area contributed by atoms with Crippen LogP contribution in [0.1, 0.15) is 43.6 Å². The number of carbonyl (C=O) groups is 1. The van der Waals surface area contributed by atoms with E-state index in [1.54, 1.807) is 6.08 Å². The molecule has 0 atom stereocenters. The number of piperidine rings is 1. The summed E-state index contributed by atoms with van der Waals surface area (Å²) in [5, 5.41) is 12.2. The molecule has 1 aromatic heterocycles. The van der Waals surface area contributed by atoms with Crippen molar-refractivity contribution in [3.63, 3.8) is 0 Å². The lowest BCUT2D eigenvalue weighted by molar-refractivity contribution is -0.537. The normalized spacial score (nSPS) is 17.3. The molecule has 0 unspecified atom stereocenters. The zero-order chi connectivity index (χ0) is 21.3. The number of fused-ring (bicyclic) bond motifs is 1. The van der Waals surface area contributed by atoms with Crippen molar-refractivity contribution in [3.8, 4) is 11.6 Å². The van der Waals surface area contributed by atoms with Gasteiger partial charge in [-0.1, -0.05) is 0 Å². The van der Waals surface area contributed by atoms with E-state index in [1.807, 2.05) is 31.2 Å². The van der Waals surface area contributed by atoms with Crippen LogP contribution in [-0.4, -0.2) is 50.7 Å². The average molecular weight is 426 g/mol. The van der Waals surface area contributed by atoms with E-state index in [9.17, 15) is 9.90 Å². The van der Waals surface area contributed by atoms with E-state index in [2.05, 4.69) is 9.56 Å². The molecule has 0 bridgehead atoms. The fourth-order valence-electron chi connectivity index (χ4n) is 3.91. The standard InChI is InChI=1S/C22H24N4O3S/c1-3-29-17-7-8-18-15(12-17)11-16(20(23-18)25-9-5-4-6-10-25)13-19-21(28)24-22(30)26(19)14(2)27/h7-8,11-13H,3-6,9-10H2,1-2H3,(H,24,28,30)/p+1. The first-order chi connectivity index (χ1) is 14.5. The minimum atomic E-state index is -0.269. The van der Waals surface area contributed by atoms with Gasteiger partial charge in [-0.3, -0.25) is 13.9 Å². The van der Waals surface area contributed by atoms with Crippen LogP contribution in [0.5, 0.6) is 11.6 Å². The molecule has 0 radical (unpaired) electrons. The van der Waals surface area contributed by atoms with Gasteiger partial charge >= 0.3 is 5.84 Å². The van der Waals surface area contributed by atoms with Crippen molar-refractivity contribution in [2.75, 3.05) is 19.7 Å². The van der Waals surface area contributed by atoms with E-state index in [1.165, 1.54) is 17.9 Å². The number of nitrogens with one attached hydrogen (secondary N) is 1. The number of hydrogen-bond acceptors (Lipinski definition) is 4. The molecule has 0 amide bonds. The van der Waals surface area contributed by atoms with E-state index in [-0.39, 0.29) is 16.6 Å². The maximum Gasteiger partial charge on any atom is 0.326 e. The molecule has 2 aliphatic rings. The first kappa shape index (κ1) is 20.3. The highest BCUT2D eigenvalue weighted by atomic mass is 32.1. The summed E-state index contributed by atoms with van der Waals surface area (Å²) in [6, 6.07) is 5.84. The summed E-state index contributed by atoms with van der Waals surface area (Å²) in [5.41, 5.74) is 1.14. The molecule has 2 aliphatic heterocycles. The van der Waals surface area contributed by atoms with E-state index in [0.29, 0.717) is 12.3 Å². The lowest BCUT2D eigenvalue weighted by Crippen LogP contribution is -2.36. The van der Waals surface area contributed by atoms with Crippen LogP contribution in [0.25, 0.3) is 12.2 Å². The highest BCUT2D eigenvalue weighted by Crippen LogP contribution is 2.22. The van der Waals surface area contributed by atoms with Crippen molar-refractivity contribution in [1.29, 1.82) is 0 Å². The summed E-state index contributed by atoms with van der Waals surface area (Å²) in [5.74, 6) is 1.21. The number of hydrogen-bond donors (Lipinski definition) is 2. The van der Waals surface area contributed by atoms with Crippen LogP contribution in [0.3, 0.4) is 0 Å². The fourth-order valence-corrected chi connectivity index (χ4v) is 4.24. The number of ether oxygens (including phenoxy) is 1. The maximum atomic E-state index is 12.1. The molecule has 1 aromatic carbocycles. The molecule has 1 fully saturated rings. The van der Waals surface area contributed by atoms with Gasteiger partial charge in [-0.25, -0.2) is 0 Å². The first-order valence-corrected chi connectivity index (χ1v) is 10.6. The summed E-state index contributed by atoms with van der Waals surface area (Å²) in [6.07, 6.45) is 7.23. The number of benzene rings is 1. The smallest absolute Gasteiger partial charge is 0.326 e. The Hall–Kier alpha value is -3.00. The molecule has 0 aliphatic carbocycles. The molecule has 156 valence electrons. The Kier molecular flexibility index (Phi) is 5.67. The molecular weight excluding hydrogens is 400 g/mol. The van der Waals surface area contributed by atoms with Gasteiger partial charge in [-0.05, 0) is 73.7 Å². The summed E-state index contributed by atoms with van der Waals surface area (Å²) >= 11 is 5.20. The maximum absolute atomic E-state index is 12.1. The molecule has 1 saturated heterocycles. The van der Waals surface area contributed by atoms with Crippen molar-refractivity contribution < 1.29 is 19.2 Å². The van der Waals surface area contributed by atoms with Gasteiger partial charge in [-0.15, -0.1) is 0 Å². The predicted octanol–water partition coefficient (Wildman–Crippen LogP) is 2.40. The topological polar surface area (TPSA) is 82.6 Å². The van der Waals surface area contributed by atoms with Crippen LogP contribution in [0.2, 0.25) is 0 Å². The summed E-state index contributed by atoms with van der Waals surface area (Å²) in [6.45, 7) is 5.80. The van der Waals surface area contributed by atoms with E-state index in [0.717, 1.165) is 53.7 Å². The number of amidine groups is 1. The molecule has 7 nitrogen and oxygen atoms in total. The molecule has 0 saturated carbocycles. The van der Waals surface area contributed by atoms with Crippen molar-refractivity contribution >= 4 is 36.1 Å². The van der Waals surface area contributed by atoms with Crippen LogP contribution in [0.15, 0.2) is 28.8 Å². The Bertz CT molecular complexity index is 1240. The number of aromatic hydroxyl groups is 1. The van der Waals surface area contributed by atoms with Gasteiger partial charge < -0.3 is 14.8 Å². The van der Waals surface area contributed by atoms with Crippen molar-refractivity contribution in [2.24, 2.45) is 4.99 Å². The van der Waals surface area contributed by atoms with Gasteiger partial charge in [0, 0.05) is 12.1 Å². The number of carbonyl (C=O) groups excluding carboxylic acids is 1. The summed E-state index contributed by atoms with van der Waals surface area (Å²) in [7, 11) is 0. The Morgan fingerprint density at radius 3 is 2.83 bits per heavy atom. The zero-order valence-electron chi connectivity index (χ0n) is 17.1. The fraction of sp³-hybridized carbons (Fsp3) is 0.364. The minimum Gasteiger partial charge on any atom is -0.494 e. The van der Waals surface area contributed by atoms with Crippen molar-refractivity contribution in [2.45, 2.75) is 33.1 Å². The van der Waals surface area contributed by atoms with Gasteiger partial charge in [0.1, 0.15) is 11.4 Å². The molecular formula is C22H25N4O3S+. The second-order valence-electron chi connectivity index (χ2n) is 7.40. The third-order valence-corrected chi connectivity index (χ3v) is 5.56. The lowest BCUT2D eigenvalue weighted by Gasteiger charge is -2.16. The summed E-state index contributed by atoms with van der Waals surface area (Å²) in [4.78, 5) is 19.7. The van der Waals surface area contributed by atoms with Crippen LogP contribution < -0.4 is 15.3 Å². The number of aromatic amines is 1. The van der Waals surface area contributed by atoms with Gasteiger partial charge in [-0.2, -0.15) is 0 Å². The zero-order valence-corrected chi connectivity index (χ0v) is 18.0. The highest BCUT2D eigenvalue weighted by molar-refractivity contribution is 7.71.